The number of carbonyl (C=O) groups is 1. The Bertz CT molecular complexity index is 1170. The first-order chi connectivity index (χ1) is 15.3. The van der Waals surface area contributed by atoms with Crippen LogP contribution in [0.25, 0.3) is 0 Å². The van der Waals surface area contributed by atoms with Crippen molar-refractivity contribution in [2.45, 2.75) is 18.4 Å². The molecule has 0 aromatic heterocycles. The van der Waals surface area contributed by atoms with Gasteiger partial charge in [-0.15, -0.1) is 0 Å². The van der Waals surface area contributed by atoms with Gasteiger partial charge in [-0.3, -0.25) is 9.10 Å². The third-order valence-corrected chi connectivity index (χ3v) is 6.29. The first kappa shape index (κ1) is 23.2. The monoisotopic (exact) mass is 460 g/mol. The van der Waals surface area contributed by atoms with Gasteiger partial charge < -0.3 is 10.1 Å². The number of halogens is 2. The molecule has 3 aromatic carbocycles. The number of benzene rings is 3. The maximum atomic E-state index is 13.3. The topological polar surface area (TPSA) is 75.7 Å². The quantitative estimate of drug-likeness (QED) is 0.526. The SMILES string of the molecule is CCOc1ccc(N(CC(=O)NCc2cccc(F)c2)S(=O)(=O)c2ccc(F)cc2)cc1. The van der Waals surface area contributed by atoms with Gasteiger partial charge in [-0.05, 0) is 73.2 Å². The smallest absolute Gasteiger partial charge is 0.264 e. The molecule has 32 heavy (non-hydrogen) atoms. The van der Waals surface area contributed by atoms with Gasteiger partial charge in [0.1, 0.15) is 23.9 Å². The van der Waals surface area contributed by atoms with Crippen LogP contribution in [0.5, 0.6) is 5.75 Å². The molecule has 0 radical (unpaired) electrons. The molecule has 3 aromatic rings. The number of sulfonamides is 1. The lowest BCUT2D eigenvalue weighted by Gasteiger charge is -2.24. The molecule has 6 nitrogen and oxygen atoms in total. The number of nitrogens with zero attached hydrogens (tertiary/aromatic N) is 1. The molecule has 0 bridgehead atoms. The van der Waals surface area contributed by atoms with Gasteiger partial charge >= 0.3 is 0 Å². The van der Waals surface area contributed by atoms with E-state index >= 15 is 0 Å². The molecule has 1 amide bonds. The van der Waals surface area contributed by atoms with Crippen LogP contribution in [-0.4, -0.2) is 27.5 Å². The van der Waals surface area contributed by atoms with Crippen molar-refractivity contribution in [2.24, 2.45) is 0 Å². The summed E-state index contributed by atoms with van der Waals surface area (Å²) < 4.78 is 59.5. The number of anilines is 1. The first-order valence-corrected chi connectivity index (χ1v) is 11.3. The van der Waals surface area contributed by atoms with E-state index in [-0.39, 0.29) is 17.1 Å². The fraction of sp³-hybridized carbons (Fsp3) is 0.174. The van der Waals surface area contributed by atoms with Gasteiger partial charge in [0.05, 0.1) is 17.2 Å². The van der Waals surface area contributed by atoms with Gasteiger partial charge in [0.25, 0.3) is 10.0 Å². The van der Waals surface area contributed by atoms with E-state index in [0.29, 0.717) is 17.9 Å². The second-order valence-corrected chi connectivity index (χ2v) is 8.66. The average molecular weight is 461 g/mol. The highest BCUT2D eigenvalue weighted by Crippen LogP contribution is 2.26. The summed E-state index contributed by atoms with van der Waals surface area (Å²) in [6.07, 6.45) is 0. The molecular formula is C23H22F2N2O4S. The van der Waals surface area contributed by atoms with Crippen LogP contribution in [0.4, 0.5) is 14.5 Å². The van der Waals surface area contributed by atoms with E-state index < -0.39 is 34.1 Å². The van der Waals surface area contributed by atoms with E-state index in [0.717, 1.165) is 28.6 Å². The standard InChI is InChI=1S/C23H22F2N2O4S/c1-2-31-21-10-8-20(9-11-21)27(32(29,30)22-12-6-18(24)7-13-22)16-23(28)26-15-17-4-3-5-19(25)14-17/h3-14H,2,15-16H2,1H3,(H,26,28). The van der Waals surface area contributed by atoms with Crippen LogP contribution in [0.15, 0.2) is 77.7 Å². The maximum absolute atomic E-state index is 13.3. The maximum Gasteiger partial charge on any atom is 0.264 e. The lowest BCUT2D eigenvalue weighted by molar-refractivity contribution is -0.119. The van der Waals surface area contributed by atoms with Crippen LogP contribution < -0.4 is 14.4 Å². The normalized spacial score (nSPS) is 11.1. The van der Waals surface area contributed by atoms with Gasteiger partial charge in [0, 0.05) is 6.54 Å². The zero-order valence-electron chi connectivity index (χ0n) is 17.3. The molecule has 9 heteroatoms. The predicted octanol–water partition coefficient (Wildman–Crippen LogP) is 3.88. The highest BCUT2D eigenvalue weighted by molar-refractivity contribution is 7.92. The molecule has 0 aliphatic carbocycles. The molecule has 0 saturated heterocycles. The summed E-state index contributed by atoms with van der Waals surface area (Å²) in [5.41, 5.74) is 0.769. The first-order valence-electron chi connectivity index (χ1n) is 9.82. The minimum absolute atomic E-state index is 0.0321. The van der Waals surface area contributed by atoms with Gasteiger partial charge in [0.2, 0.25) is 5.91 Å². The zero-order valence-corrected chi connectivity index (χ0v) is 18.1. The Morgan fingerprint density at radius 1 is 0.969 bits per heavy atom. The molecule has 0 spiro atoms. The molecule has 0 unspecified atom stereocenters. The van der Waals surface area contributed by atoms with Gasteiger partial charge in [-0.2, -0.15) is 0 Å². The van der Waals surface area contributed by atoms with Crippen molar-refractivity contribution < 1.29 is 26.7 Å². The minimum atomic E-state index is -4.18. The molecule has 1 N–H and O–H groups in total. The molecule has 0 saturated carbocycles. The number of amides is 1. The number of carbonyl (C=O) groups excluding carboxylic acids is 1. The van der Waals surface area contributed by atoms with Crippen molar-refractivity contribution >= 4 is 21.6 Å². The summed E-state index contributed by atoms with van der Waals surface area (Å²) in [7, 11) is -4.18. The number of rotatable bonds is 9. The summed E-state index contributed by atoms with van der Waals surface area (Å²) in [6.45, 7) is 1.77. The Labute approximate surface area is 185 Å². The summed E-state index contributed by atoms with van der Waals surface area (Å²) in [5, 5.41) is 2.59. The molecule has 0 heterocycles. The van der Waals surface area contributed by atoms with Gasteiger partial charge in [-0.1, -0.05) is 12.1 Å². The number of hydrogen-bond donors (Lipinski definition) is 1. The summed E-state index contributed by atoms with van der Waals surface area (Å²) in [4.78, 5) is 12.4. The van der Waals surface area contributed by atoms with Crippen molar-refractivity contribution in [3.8, 4) is 5.75 Å². The van der Waals surface area contributed by atoms with E-state index in [1.54, 1.807) is 18.2 Å². The molecule has 0 aliphatic rings. The Morgan fingerprint density at radius 3 is 2.28 bits per heavy atom. The van der Waals surface area contributed by atoms with E-state index in [2.05, 4.69) is 5.32 Å². The van der Waals surface area contributed by atoms with Crippen molar-refractivity contribution in [3.05, 3.63) is 90.0 Å². The highest BCUT2D eigenvalue weighted by atomic mass is 32.2. The van der Waals surface area contributed by atoms with Crippen LogP contribution in [0.2, 0.25) is 0 Å². The fourth-order valence-corrected chi connectivity index (χ4v) is 4.38. The lowest BCUT2D eigenvalue weighted by atomic mass is 10.2. The van der Waals surface area contributed by atoms with E-state index in [1.807, 2.05) is 6.92 Å². The lowest BCUT2D eigenvalue weighted by Crippen LogP contribution is -2.40. The summed E-state index contributed by atoms with van der Waals surface area (Å²) >= 11 is 0. The minimum Gasteiger partial charge on any atom is -0.494 e. The zero-order chi connectivity index (χ0) is 23.1. The second-order valence-electron chi connectivity index (χ2n) is 6.80. The Kier molecular flexibility index (Phi) is 7.42. The van der Waals surface area contributed by atoms with Crippen LogP contribution >= 0.6 is 0 Å². The summed E-state index contributed by atoms with van der Waals surface area (Å²) in [5.74, 6) is -1.06. The third-order valence-electron chi connectivity index (χ3n) is 4.50. The summed E-state index contributed by atoms with van der Waals surface area (Å²) in [6, 6.07) is 16.3. The molecule has 3 rings (SSSR count). The Hall–Kier alpha value is -3.46. The highest BCUT2D eigenvalue weighted by Gasteiger charge is 2.27. The number of hydrogen-bond acceptors (Lipinski definition) is 4. The van der Waals surface area contributed by atoms with Crippen LogP contribution in [-0.2, 0) is 21.4 Å². The van der Waals surface area contributed by atoms with Crippen molar-refractivity contribution in [2.75, 3.05) is 17.5 Å². The van der Waals surface area contributed by atoms with E-state index in [9.17, 15) is 22.0 Å². The third kappa shape index (κ3) is 5.82. The molecule has 0 atom stereocenters. The molecule has 168 valence electrons. The van der Waals surface area contributed by atoms with Crippen molar-refractivity contribution in [3.63, 3.8) is 0 Å². The van der Waals surface area contributed by atoms with Crippen molar-refractivity contribution in [1.29, 1.82) is 0 Å². The average Bonchev–Trinajstić information content (AvgIpc) is 2.77. The van der Waals surface area contributed by atoms with Gasteiger partial charge in [-0.25, -0.2) is 17.2 Å². The van der Waals surface area contributed by atoms with E-state index in [4.69, 9.17) is 4.74 Å². The largest absolute Gasteiger partial charge is 0.494 e. The van der Waals surface area contributed by atoms with Crippen LogP contribution in [0.3, 0.4) is 0 Å². The predicted molar refractivity (Wildman–Crippen MR) is 117 cm³/mol. The van der Waals surface area contributed by atoms with E-state index in [1.165, 1.54) is 30.3 Å². The van der Waals surface area contributed by atoms with Gasteiger partial charge in [0.15, 0.2) is 0 Å². The Balaban J connectivity index is 1.85. The van der Waals surface area contributed by atoms with Crippen LogP contribution in [0.1, 0.15) is 12.5 Å². The Morgan fingerprint density at radius 2 is 1.66 bits per heavy atom. The molecule has 0 fully saturated rings. The van der Waals surface area contributed by atoms with Crippen molar-refractivity contribution in [1.82, 2.24) is 5.32 Å². The molecular weight excluding hydrogens is 438 g/mol. The number of ether oxygens (including phenoxy) is 1. The second kappa shape index (κ2) is 10.2. The fourth-order valence-electron chi connectivity index (χ4n) is 2.96. The molecule has 0 aliphatic heterocycles. The number of nitrogens with one attached hydrogen (secondary N) is 1. The van der Waals surface area contributed by atoms with Crippen LogP contribution in [0, 0.1) is 11.6 Å².